The molecule has 2 fully saturated rings. The first-order chi connectivity index (χ1) is 18.2. The van der Waals surface area contributed by atoms with Gasteiger partial charge in [-0.3, -0.25) is 10.2 Å². The maximum atomic E-state index is 13.2. The van der Waals surface area contributed by atoms with E-state index in [2.05, 4.69) is 45.4 Å². The van der Waals surface area contributed by atoms with Gasteiger partial charge in [0.15, 0.2) is 11.6 Å². The molecule has 4 heterocycles. The number of rotatable bonds is 7. The lowest BCUT2D eigenvalue weighted by Crippen LogP contribution is -2.38. The first-order valence-electron chi connectivity index (χ1n) is 13.3. The van der Waals surface area contributed by atoms with Gasteiger partial charge in [0.25, 0.3) is 0 Å². The van der Waals surface area contributed by atoms with E-state index < -0.39 is 5.82 Å². The second-order valence-corrected chi connectivity index (χ2v) is 10.8. The fourth-order valence-corrected chi connectivity index (χ4v) is 5.48. The number of aryl methyl sites for hydroxylation is 1. The van der Waals surface area contributed by atoms with Crippen LogP contribution in [0.5, 0.6) is 0 Å². The molecule has 1 aliphatic carbocycles. The molecule has 1 aliphatic heterocycles. The molecule has 1 saturated heterocycles. The van der Waals surface area contributed by atoms with Crippen molar-refractivity contribution in [3.63, 3.8) is 0 Å². The van der Waals surface area contributed by atoms with Gasteiger partial charge >= 0.3 is 0 Å². The molecule has 38 heavy (non-hydrogen) atoms. The maximum Gasteiger partial charge on any atom is 0.223 e. The average Bonchev–Trinajstić information content (AvgIpc) is 3.51. The molecule has 6 atom stereocenters. The molecule has 0 radical (unpaired) electrons. The highest BCUT2D eigenvalue weighted by molar-refractivity contribution is 5.79. The SMILES string of the molecule is Cc1cc(NC2CC(C)NN2)nc([C@@H]2CC[C@@H](C(=O)N[C@@H](C)c3ccc(-n4cc(F)cn4)nc3)[C@@H](C)C2)n1. The Balaban J connectivity index is 1.17. The van der Waals surface area contributed by atoms with Crippen molar-refractivity contribution >= 4 is 11.7 Å². The van der Waals surface area contributed by atoms with Crippen molar-refractivity contribution in [1.82, 2.24) is 40.9 Å². The minimum Gasteiger partial charge on any atom is -0.353 e. The Hall–Kier alpha value is -3.44. The highest BCUT2D eigenvalue weighted by Crippen LogP contribution is 2.39. The van der Waals surface area contributed by atoms with E-state index in [-0.39, 0.29) is 35.9 Å². The van der Waals surface area contributed by atoms with Crippen molar-refractivity contribution in [2.45, 2.75) is 77.5 Å². The van der Waals surface area contributed by atoms with E-state index in [1.165, 1.54) is 10.9 Å². The number of carbonyl (C=O) groups excluding carboxylic acids is 1. The first-order valence-corrected chi connectivity index (χ1v) is 13.3. The van der Waals surface area contributed by atoms with Crippen LogP contribution in [0.3, 0.4) is 0 Å². The number of anilines is 1. The third-order valence-corrected chi connectivity index (χ3v) is 7.57. The van der Waals surface area contributed by atoms with Gasteiger partial charge in [0.2, 0.25) is 5.91 Å². The molecule has 0 bridgehead atoms. The molecule has 4 N–H and O–H groups in total. The van der Waals surface area contributed by atoms with Gasteiger partial charge in [-0.25, -0.2) is 29.4 Å². The normalized spacial score (nSPS) is 26.2. The lowest BCUT2D eigenvalue weighted by atomic mass is 9.74. The zero-order chi connectivity index (χ0) is 26.8. The first kappa shape index (κ1) is 26.2. The Morgan fingerprint density at radius 1 is 1.16 bits per heavy atom. The molecular weight excluding hydrogens is 485 g/mol. The van der Waals surface area contributed by atoms with Gasteiger partial charge in [0, 0.05) is 35.8 Å². The van der Waals surface area contributed by atoms with Gasteiger partial charge in [-0.1, -0.05) is 13.0 Å². The molecule has 10 nitrogen and oxygen atoms in total. The fraction of sp³-hybridized carbons (Fsp3) is 0.519. The Morgan fingerprint density at radius 3 is 2.66 bits per heavy atom. The van der Waals surface area contributed by atoms with Crippen molar-refractivity contribution in [3.8, 4) is 5.82 Å². The van der Waals surface area contributed by atoms with E-state index in [1.807, 2.05) is 26.0 Å². The minimum atomic E-state index is -0.417. The summed E-state index contributed by atoms with van der Waals surface area (Å²) in [5.41, 5.74) is 8.29. The second-order valence-electron chi connectivity index (χ2n) is 10.8. The van der Waals surface area contributed by atoms with Crippen LogP contribution < -0.4 is 21.5 Å². The highest BCUT2D eigenvalue weighted by Gasteiger charge is 2.35. The molecule has 11 heteroatoms. The molecular formula is C27H36FN9O. The molecule has 1 saturated carbocycles. The summed E-state index contributed by atoms with van der Waals surface area (Å²) in [6.45, 7) is 8.23. The van der Waals surface area contributed by atoms with Gasteiger partial charge in [0.05, 0.1) is 24.6 Å². The smallest absolute Gasteiger partial charge is 0.223 e. The molecule has 1 amide bonds. The molecule has 0 aromatic carbocycles. The average molecular weight is 522 g/mol. The van der Waals surface area contributed by atoms with Crippen LogP contribution in [0.15, 0.2) is 36.8 Å². The number of nitrogens with one attached hydrogen (secondary N) is 4. The summed E-state index contributed by atoms with van der Waals surface area (Å²) in [4.78, 5) is 27.2. The second kappa shape index (κ2) is 11.1. The van der Waals surface area contributed by atoms with Crippen molar-refractivity contribution in [3.05, 3.63) is 59.7 Å². The molecule has 202 valence electrons. The number of pyridine rings is 1. The van der Waals surface area contributed by atoms with E-state index >= 15 is 0 Å². The topological polar surface area (TPSA) is 122 Å². The molecule has 5 rings (SSSR count). The zero-order valence-electron chi connectivity index (χ0n) is 22.3. The van der Waals surface area contributed by atoms with Gasteiger partial charge in [0.1, 0.15) is 11.6 Å². The number of nitrogens with zero attached hydrogens (tertiary/aromatic N) is 5. The number of hydrogen-bond acceptors (Lipinski definition) is 8. The zero-order valence-corrected chi connectivity index (χ0v) is 22.3. The predicted octanol–water partition coefficient (Wildman–Crippen LogP) is 3.53. The summed E-state index contributed by atoms with van der Waals surface area (Å²) < 4.78 is 14.6. The number of aromatic nitrogens is 5. The van der Waals surface area contributed by atoms with Crippen LogP contribution >= 0.6 is 0 Å². The monoisotopic (exact) mass is 521 g/mol. The summed E-state index contributed by atoms with van der Waals surface area (Å²) in [7, 11) is 0. The molecule has 2 aliphatic rings. The van der Waals surface area contributed by atoms with Crippen molar-refractivity contribution in [2.75, 3.05) is 5.32 Å². The van der Waals surface area contributed by atoms with Crippen LogP contribution in [-0.4, -0.2) is 42.8 Å². The van der Waals surface area contributed by atoms with Crippen molar-refractivity contribution in [2.24, 2.45) is 11.8 Å². The van der Waals surface area contributed by atoms with Gasteiger partial charge in [-0.05, 0) is 64.0 Å². The quantitative estimate of drug-likeness (QED) is 0.373. The van der Waals surface area contributed by atoms with E-state index in [1.54, 1.807) is 12.3 Å². The fourth-order valence-electron chi connectivity index (χ4n) is 5.48. The summed E-state index contributed by atoms with van der Waals surface area (Å²) >= 11 is 0. The lowest BCUT2D eigenvalue weighted by Gasteiger charge is -2.33. The largest absolute Gasteiger partial charge is 0.353 e. The Morgan fingerprint density at radius 2 is 2.00 bits per heavy atom. The van der Waals surface area contributed by atoms with Crippen LogP contribution in [0.2, 0.25) is 0 Å². The predicted molar refractivity (Wildman–Crippen MR) is 142 cm³/mol. The summed E-state index contributed by atoms with van der Waals surface area (Å²) in [5, 5.41) is 10.6. The summed E-state index contributed by atoms with van der Waals surface area (Å²) in [5.74, 6) is 2.22. The van der Waals surface area contributed by atoms with Gasteiger partial charge in [-0.2, -0.15) is 5.10 Å². The molecule has 2 unspecified atom stereocenters. The van der Waals surface area contributed by atoms with E-state index in [0.717, 1.165) is 54.8 Å². The Kier molecular flexibility index (Phi) is 7.66. The molecule has 0 spiro atoms. The van der Waals surface area contributed by atoms with Gasteiger partial charge < -0.3 is 10.6 Å². The Labute approximate surface area is 222 Å². The number of hydrogen-bond donors (Lipinski definition) is 4. The third kappa shape index (κ3) is 5.99. The van der Waals surface area contributed by atoms with Crippen LogP contribution in [-0.2, 0) is 4.79 Å². The van der Waals surface area contributed by atoms with E-state index in [0.29, 0.717) is 11.9 Å². The lowest BCUT2D eigenvalue weighted by molar-refractivity contribution is -0.128. The number of halogens is 1. The van der Waals surface area contributed by atoms with E-state index in [4.69, 9.17) is 9.97 Å². The Bertz CT molecular complexity index is 1260. The van der Waals surface area contributed by atoms with Crippen LogP contribution in [0.1, 0.15) is 75.5 Å². The number of amides is 1. The minimum absolute atomic E-state index is 0.0584. The molecule has 3 aromatic heterocycles. The van der Waals surface area contributed by atoms with Crippen LogP contribution in [0, 0.1) is 24.6 Å². The third-order valence-electron chi connectivity index (χ3n) is 7.57. The summed E-state index contributed by atoms with van der Waals surface area (Å²) in [6, 6.07) is 5.84. The number of hydrazine groups is 1. The summed E-state index contributed by atoms with van der Waals surface area (Å²) in [6.07, 6.45) is 7.74. The van der Waals surface area contributed by atoms with E-state index in [9.17, 15) is 9.18 Å². The number of carbonyl (C=O) groups is 1. The van der Waals surface area contributed by atoms with Crippen LogP contribution in [0.4, 0.5) is 10.2 Å². The van der Waals surface area contributed by atoms with Crippen molar-refractivity contribution in [1.29, 1.82) is 0 Å². The molecule has 3 aromatic rings. The standard InChI is InChI=1S/C27H36FN9O/c1-15-9-19(26-31-16(2)10-23(34-26)33-24-11-17(3)35-36-24)5-7-22(15)27(38)32-18(4)20-6-8-25(29-12-20)37-14-21(28)13-30-37/h6,8,10,12-15,17-19,22,24,35-36H,5,7,9,11H2,1-4H3,(H,32,38)(H,31,33,34)/t15-,17?,18-,19+,22+,24?/m0/s1. The van der Waals surface area contributed by atoms with Crippen LogP contribution in [0.25, 0.3) is 5.82 Å². The van der Waals surface area contributed by atoms with Gasteiger partial charge in [-0.15, -0.1) is 0 Å². The highest BCUT2D eigenvalue weighted by atomic mass is 19.1. The van der Waals surface area contributed by atoms with Crippen molar-refractivity contribution < 1.29 is 9.18 Å². The maximum absolute atomic E-state index is 13.2.